The lowest BCUT2D eigenvalue weighted by molar-refractivity contribution is 0.166. The van der Waals surface area contributed by atoms with Gasteiger partial charge in [0.2, 0.25) is 0 Å². The minimum absolute atomic E-state index is 0.117. The standard InChI is InChI=1S/C13H19FN2/c1-13(2)7-12(15)9-16(13)8-10-4-3-5-11(14)6-10/h3-6,12H,7-9,15H2,1-2H3. The van der Waals surface area contributed by atoms with Crippen molar-refractivity contribution in [3.63, 3.8) is 0 Å². The van der Waals surface area contributed by atoms with Crippen LogP contribution in [0.3, 0.4) is 0 Å². The Balaban J connectivity index is 2.10. The minimum Gasteiger partial charge on any atom is -0.326 e. The zero-order chi connectivity index (χ0) is 11.8. The molecule has 1 aliphatic rings. The highest BCUT2D eigenvalue weighted by atomic mass is 19.1. The maximum absolute atomic E-state index is 13.1. The molecule has 1 aliphatic heterocycles. The van der Waals surface area contributed by atoms with Crippen molar-refractivity contribution in [2.24, 2.45) is 5.73 Å². The van der Waals surface area contributed by atoms with Crippen molar-refractivity contribution in [2.75, 3.05) is 6.54 Å². The number of halogens is 1. The van der Waals surface area contributed by atoms with Gasteiger partial charge in [-0.05, 0) is 38.0 Å². The van der Waals surface area contributed by atoms with Crippen LogP contribution in [-0.4, -0.2) is 23.0 Å². The van der Waals surface area contributed by atoms with Crippen molar-refractivity contribution < 1.29 is 4.39 Å². The van der Waals surface area contributed by atoms with Gasteiger partial charge >= 0.3 is 0 Å². The third-order valence-corrected chi connectivity index (χ3v) is 3.34. The van der Waals surface area contributed by atoms with E-state index in [1.165, 1.54) is 6.07 Å². The summed E-state index contributed by atoms with van der Waals surface area (Å²) in [4.78, 5) is 2.33. The monoisotopic (exact) mass is 222 g/mol. The number of hydrogen-bond acceptors (Lipinski definition) is 2. The topological polar surface area (TPSA) is 29.3 Å². The van der Waals surface area contributed by atoms with Gasteiger partial charge in [0.15, 0.2) is 0 Å². The third-order valence-electron chi connectivity index (χ3n) is 3.34. The van der Waals surface area contributed by atoms with Crippen LogP contribution in [0.4, 0.5) is 4.39 Å². The third kappa shape index (κ3) is 2.42. The van der Waals surface area contributed by atoms with E-state index in [1.54, 1.807) is 12.1 Å². The summed E-state index contributed by atoms with van der Waals surface area (Å²) in [5.41, 5.74) is 7.10. The van der Waals surface area contributed by atoms with Gasteiger partial charge in [-0.3, -0.25) is 4.90 Å². The van der Waals surface area contributed by atoms with Crippen molar-refractivity contribution in [2.45, 2.75) is 38.4 Å². The zero-order valence-corrected chi connectivity index (χ0v) is 9.91. The predicted octanol–water partition coefficient (Wildman–Crippen LogP) is 2.14. The summed E-state index contributed by atoms with van der Waals surface area (Å²) in [7, 11) is 0. The van der Waals surface area contributed by atoms with E-state index in [2.05, 4.69) is 18.7 Å². The number of hydrogen-bond donors (Lipinski definition) is 1. The first-order valence-electron chi connectivity index (χ1n) is 5.72. The molecule has 1 atom stereocenters. The predicted molar refractivity (Wildman–Crippen MR) is 63.5 cm³/mol. The van der Waals surface area contributed by atoms with Crippen molar-refractivity contribution in [1.82, 2.24) is 4.90 Å². The largest absolute Gasteiger partial charge is 0.326 e. The van der Waals surface area contributed by atoms with E-state index >= 15 is 0 Å². The van der Waals surface area contributed by atoms with Gasteiger partial charge in [0.1, 0.15) is 5.82 Å². The van der Waals surface area contributed by atoms with Crippen LogP contribution < -0.4 is 5.73 Å². The van der Waals surface area contributed by atoms with E-state index in [4.69, 9.17) is 5.73 Å². The first kappa shape index (κ1) is 11.6. The molecular weight excluding hydrogens is 203 g/mol. The van der Waals surface area contributed by atoms with Crippen LogP contribution in [0.25, 0.3) is 0 Å². The van der Waals surface area contributed by atoms with E-state index in [0.29, 0.717) is 0 Å². The normalized spacial score (nSPS) is 24.9. The summed E-state index contributed by atoms with van der Waals surface area (Å²) in [6.07, 6.45) is 1.00. The number of likely N-dealkylation sites (tertiary alicyclic amines) is 1. The molecule has 1 saturated heterocycles. The molecule has 0 radical (unpaired) electrons. The van der Waals surface area contributed by atoms with Crippen molar-refractivity contribution in [3.05, 3.63) is 35.6 Å². The van der Waals surface area contributed by atoms with E-state index in [0.717, 1.165) is 25.1 Å². The Morgan fingerprint density at radius 1 is 1.50 bits per heavy atom. The molecule has 2 N–H and O–H groups in total. The fourth-order valence-corrected chi connectivity index (χ4v) is 2.50. The molecule has 1 heterocycles. The number of benzene rings is 1. The van der Waals surface area contributed by atoms with Gasteiger partial charge in [-0.2, -0.15) is 0 Å². The van der Waals surface area contributed by atoms with Gasteiger partial charge in [-0.15, -0.1) is 0 Å². The second-order valence-electron chi connectivity index (χ2n) is 5.29. The van der Waals surface area contributed by atoms with Crippen LogP contribution in [0.5, 0.6) is 0 Å². The van der Waals surface area contributed by atoms with Crippen LogP contribution in [0.1, 0.15) is 25.8 Å². The number of nitrogens with zero attached hydrogens (tertiary/aromatic N) is 1. The van der Waals surface area contributed by atoms with Gasteiger partial charge in [0.25, 0.3) is 0 Å². The molecule has 2 rings (SSSR count). The van der Waals surface area contributed by atoms with Crippen molar-refractivity contribution in [1.29, 1.82) is 0 Å². The summed E-state index contributed by atoms with van der Waals surface area (Å²) in [6, 6.07) is 7.03. The lowest BCUT2D eigenvalue weighted by Gasteiger charge is -2.31. The van der Waals surface area contributed by atoms with E-state index in [1.807, 2.05) is 6.07 Å². The van der Waals surface area contributed by atoms with Crippen LogP contribution in [0.15, 0.2) is 24.3 Å². The summed E-state index contributed by atoms with van der Waals surface area (Å²) < 4.78 is 13.1. The molecule has 0 bridgehead atoms. The van der Waals surface area contributed by atoms with Gasteiger partial charge in [-0.1, -0.05) is 12.1 Å². The molecule has 0 aliphatic carbocycles. The van der Waals surface area contributed by atoms with Crippen LogP contribution in [-0.2, 0) is 6.54 Å². The maximum Gasteiger partial charge on any atom is 0.123 e. The van der Waals surface area contributed by atoms with E-state index < -0.39 is 0 Å². The summed E-state index contributed by atoms with van der Waals surface area (Å²) in [5.74, 6) is -0.168. The minimum atomic E-state index is -0.168. The van der Waals surface area contributed by atoms with Gasteiger partial charge in [-0.25, -0.2) is 4.39 Å². The Hall–Kier alpha value is -0.930. The molecule has 1 fully saturated rings. The lowest BCUT2D eigenvalue weighted by atomic mass is 10.00. The van der Waals surface area contributed by atoms with Gasteiger partial charge < -0.3 is 5.73 Å². The highest BCUT2D eigenvalue weighted by Crippen LogP contribution is 2.29. The average Bonchev–Trinajstić information content (AvgIpc) is 2.39. The second-order valence-corrected chi connectivity index (χ2v) is 5.29. The molecule has 0 aromatic heterocycles. The van der Waals surface area contributed by atoms with Gasteiger partial charge in [0, 0.05) is 24.7 Å². The number of nitrogens with two attached hydrogens (primary N) is 1. The first-order valence-corrected chi connectivity index (χ1v) is 5.72. The molecule has 16 heavy (non-hydrogen) atoms. The van der Waals surface area contributed by atoms with E-state index in [-0.39, 0.29) is 17.4 Å². The lowest BCUT2D eigenvalue weighted by Crippen LogP contribution is -2.37. The molecule has 88 valence electrons. The first-order chi connectivity index (χ1) is 7.47. The van der Waals surface area contributed by atoms with Crippen LogP contribution in [0, 0.1) is 5.82 Å². The van der Waals surface area contributed by atoms with Crippen LogP contribution >= 0.6 is 0 Å². The number of rotatable bonds is 2. The smallest absolute Gasteiger partial charge is 0.123 e. The van der Waals surface area contributed by atoms with Crippen molar-refractivity contribution in [3.8, 4) is 0 Å². The molecule has 0 amide bonds. The fraction of sp³-hybridized carbons (Fsp3) is 0.538. The Labute approximate surface area is 96.2 Å². The Kier molecular flexibility index (Phi) is 3.00. The van der Waals surface area contributed by atoms with Crippen LogP contribution in [0.2, 0.25) is 0 Å². The second kappa shape index (κ2) is 4.15. The molecule has 2 nitrogen and oxygen atoms in total. The molecule has 0 spiro atoms. The maximum atomic E-state index is 13.1. The molecule has 3 heteroatoms. The quantitative estimate of drug-likeness (QED) is 0.830. The highest BCUT2D eigenvalue weighted by molar-refractivity contribution is 5.17. The Bertz CT molecular complexity index is 376. The highest BCUT2D eigenvalue weighted by Gasteiger charge is 2.36. The zero-order valence-electron chi connectivity index (χ0n) is 9.91. The summed E-state index contributed by atoms with van der Waals surface area (Å²) >= 11 is 0. The molecule has 1 aromatic rings. The molecule has 0 saturated carbocycles. The Morgan fingerprint density at radius 3 is 2.81 bits per heavy atom. The SMILES string of the molecule is CC1(C)CC(N)CN1Cc1cccc(F)c1. The molecule has 1 unspecified atom stereocenters. The average molecular weight is 222 g/mol. The van der Waals surface area contributed by atoms with Gasteiger partial charge in [0.05, 0.1) is 0 Å². The Morgan fingerprint density at radius 2 is 2.25 bits per heavy atom. The molecular formula is C13H19FN2. The summed E-state index contributed by atoms with van der Waals surface area (Å²) in [6.45, 7) is 6.06. The fourth-order valence-electron chi connectivity index (χ4n) is 2.50. The summed E-state index contributed by atoms with van der Waals surface area (Å²) in [5, 5.41) is 0. The molecule has 1 aromatic carbocycles. The van der Waals surface area contributed by atoms with Crippen molar-refractivity contribution >= 4 is 0 Å². The van der Waals surface area contributed by atoms with E-state index in [9.17, 15) is 4.39 Å².